The molecule has 0 spiro atoms. The van der Waals surface area contributed by atoms with Crippen molar-refractivity contribution in [2.24, 2.45) is 22.5 Å². The number of carbonyl (C=O) groups is 1. The summed E-state index contributed by atoms with van der Waals surface area (Å²) in [6, 6.07) is 0. The van der Waals surface area contributed by atoms with Crippen LogP contribution in [0.5, 0.6) is 0 Å². The van der Waals surface area contributed by atoms with Crippen molar-refractivity contribution in [3.05, 3.63) is 0 Å². The number of nitrogens with two attached hydrogens (primary N) is 1. The third-order valence-electron chi connectivity index (χ3n) is 3.24. The molecule has 110 valence electrons. The van der Waals surface area contributed by atoms with Crippen molar-refractivity contribution in [3.8, 4) is 0 Å². The van der Waals surface area contributed by atoms with Crippen LogP contribution < -0.4 is 5.73 Å². The highest BCUT2D eigenvalue weighted by Gasteiger charge is 2.33. The first-order valence-corrected chi connectivity index (χ1v) is 7.34. The van der Waals surface area contributed by atoms with Gasteiger partial charge in [-0.3, -0.25) is 4.79 Å². The maximum Gasteiger partial charge on any atom is 0.132 e. The van der Waals surface area contributed by atoms with Gasteiger partial charge in [0, 0.05) is 12.8 Å². The van der Waals surface area contributed by atoms with Gasteiger partial charge in [0.1, 0.15) is 5.78 Å². The Morgan fingerprint density at radius 3 is 1.83 bits per heavy atom. The molecule has 0 aliphatic rings. The summed E-state index contributed by atoms with van der Waals surface area (Å²) in [5, 5.41) is 0. The second-order valence-electron chi connectivity index (χ2n) is 6.75. The zero-order valence-corrected chi connectivity index (χ0v) is 13.9. The summed E-state index contributed by atoms with van der Waals surface area (Å²) < 4.78 is 0. The first-order valence-electron chi connectivity index (χ1n) is 7.34. The minimum atomic E-state index is 0.137. The molecule has 0 saturated heterocycles. The molecule has 0 aromatic rings. The molecule has 0 saturated carbocycles. The molecule has 18 heavy (non-hydrogen) atoms. The Bertz CT molecular complexity index is 226. The van der Waals surface area contributed by atoms with Crippen molar-refractivity contribution >= 4 is 5.78 Å². The van der Waals surface area contributed by atoms with Gasteiger partial charge in [-0.25, -0.2) is 0 Å². The number of carbonyl (C=O) groups excluding carboxylic acids is 1. The van der Waals surface area contributed by atoms with Gasteiger partial charge in [-0.05, 0) is 29.7 Å². The molecule has 0 fully saturated rings. The van der Waals surface area contributed by atoms with Gasteiger partial charge in [0.2, 0.25) is 0 Å². The van der Waals surface area contributed by atoms with Gasteiger partial charge in [-0.1, -0.05) is 55.4 Å². The second kappa shape index (κ2) is 8.68. The molecule has 0 radical (unpaired) electrons. The van der Waals surface area contributed by atoms with Gasteiger partial charge < -0.3 is 5.73 Å². The lowest BCUT2D eigenvalue weighted by Gasteiger charge is -2.38. The van der Waals surface area contributed by atoms with Crippen molar-refractivity contribution in [2.75, 3.05) is 6.54 Å². The molecular weight excluding hydrogens is 222 g/mol. The van der Waals surface area contributed by atoms with E-state index >= 15 is 0 Å². The van der Waals surface area contributed by atoms with Crippen LogP contribution in [0.15, 0.2) is 0 Å². The topological polar surface area (TPSA) is 43.1 Å². The van der Waals surface area contributed by atoms with Crippen LogP contribution in [0.2, 0.25) is 0 Å². The lowest BCUT2D eigenvalue weighted by Crippen LogP contribution is -2.35. The average molecular weight is 257 g/mol. The van der Waals surface area contributed by atoms with Crippen LogP contribution in [0.25, 0.3) is 0 Å². The van der Waals surface area contributed by atoms with Crippen molar-refractivity contribution in [3.63, 3.8) is 0 Å². The van der Waals surface area contributed by atoms with Gasteiger partial charge in [-0.15, -0.1) is 0 Å². The average Bonchev–Trinajstić information content (AvgIpc) is 2.24. The summed E-state index contributed by atoms with van der Waals surface area (Å²) in [5.41, 5.74) is 6.25. The van der Waals surface area contributed by atoms with Crippen molar-refractivity contribution < 1.29 is 4.79 Å². The van der Waals surface area contributed by atoms with Gasteiger partial charge in [-0.2, -0.15) is 0 Å². The van der Waals surface area contributed by atoms with E-state index < -0.39 is 0 Å². The maximum absolute atomic E-state index is 11.5. The largest absolute Gasteiger partial charge is 0.330 e. The highest BCUT2D eigenvalue weighted by molar-refractivity contribution is 5.78. The highest BCUT2D eigenvalue weighted by atomic mass is 16.1. The molecule has 1 unspecified atom stereocenters. The summed E-state index contributed by atoms with van der Waals surface area (Å²) in [7, 11) is 0. The van der Waals surface area contributed by atoms with E-state index in [2.05, 4.69) is 34.6 Å². The van der Waals surface area contributed by atoms with Crippen LogP contribution >= 0.6 is 0 Å². The highest BCUT2D eigenvalue weighted by Crippen LogP contribution is 2.40. The van der Waals surface area contributed by atoms with Crippen LogP contribution in [0, 0.1) is 16.7 Å². The molecule has 2 heteroatoms. The normalized spacial score (nSPS) is 13.6. The van der Waals surface area contributed by atoms with Gasteiger partial charge >= 0.3 is 0 Å². The predicted molar refractivity (Wildman–Crippen MR) is 81.7 cm³/mol. The Kier molecular flexibility index (Phi) is 9.63. The molecule has 0 aromatic carbocycles. The Hall–Kier alpha value is -0.370. The Labute approximate surface area is 115 Å². The predicted octanol–water partition coefficient (Wildman–Crippen LogP) is 4.42. The van der Waals surface area contributed by atoms with Gasteiger partial charge in [0.25, 0.3) is 0 Å². The van der Waals surface area contributed by atoms with Crippen LogP contribution in [0.1, 0.15) is 74.7 Å². The molecule has 2 nitrogen and oxygen atoms in total. The first kappa shape index (κ1) is 20.0. The van der Waals surface area contributed by atoms with Crippen LogP contribution in [-0.2, 0) is 4.79 Å². The van der Waals surface area contributed by atoms with E-state index in [1.54, 1.807) is 0 Å². The number of Topliss-reactive ketones (excluding diaryl/α,β-unsaturated/α-hetero) is 1. The molecule has 0 bridgehead atoms. The summed E-state index contributed by atoms with van der Waals surface area (Å²) in [4.78, 5) is 11.5. The van der Waals surface area contributed by atoms with Crippen LogP contribution in [0.4, 0.5) is 0 Å². The summed E-state index contributed by atoms with van der Waals surface area (Å²) in [6.45, 7) is 17.7. The van der Waals surface area contributed by atoms with E-state index in [-0.39, 0.29) is 10.8 Å². The van der Waals surface area contributed by atoms with Crippen molar-refractivity contribution in [2.45, 2.75) is 74.7 Å². The van der Waals surface area contributed by atoms with Gasteiger partial charge in [0.05, 0.1) is 0 Å². The Morgan fingerprint density at radius 1 is 1.11 bits per heavy atom. The molecule has 2 N–H and O–H groups in total. The minimum Gasteiger partial charge on any atom is -0.330 e. The van der Waals surface area contributed by atoms with Crippen molar-refractivity contribution in [1.29, 1.82) is 0 Å². The molecule has 0 aromatic heterocycles. The molecule has 0 aliphatic heterocycles. The molecule has 0 aliphatic carbocycles. The number of hydrogen-bond donors (Lipinski definition) is 1. The summed E-state index contributed by atoms with van der Waals surface area (Å²) >= 11 is 0. The fourth-order valence-electron chi connectivity index (χ4n) is 2.61. The quantitative estimate of drug-likeness (QED) is 0.765. The Morgan fingerprint density at radius 2 is 1.56 bits per heavy atom. The molecule has 1 atom stereocenters. The van der Waals surface area contributed by atoms with E-state index in [0.29, 0.717) is 31.1 Å². The summed E-state index contributed by atoms with van der Waals surface area (Å²) in [5.74, 6) is 0.636. The maximum atomic E-state index is 11.5. The van der Waals surface area contributed by atoms with E-state index in [4.69, 9.17) is 5.73 Å². The lowest BCUT2D eigenvalue weighted by molar-refractivity contribution is -0.120. The Balaban J connectivity index is 0. The molecule has 0 amide bonds. The van der Waals surface area contributed by atoms with E-state index in [1.807, 2.05) is 20.8 Å². The zero-order valence-electron chi connectivity index (χ0n) is 13.9. The van der Waals surface area contributed by atoms with Crippen LogP contribution in [-0.4, -0.2) is 12.3 Å². The van der Waals surface area contributed by atoms with Crippen LogP contribution in [0.3, 0.4) is 0 Å². The number of hydrogen-bond acceptors (Lipinski definition) is 2. The molecule has 0 heterocycles. The van der Waals surface area contributed by atoms with E-state index in [0.717, 1.165) is 6.42 Å². The minimum absolute atomic E-state index is 0.137. The molecule has 0 rings (SSSR count). The lowest BCUT2D eigenvalue weighted by atomic mass is 9.67. The first-order chi connectivity index (χ1) is 8.12. The number of ketones is 1. The standard InChI is InChI=1S/C14H29NO.C2H6/c1-7-12(16)8-11(9-15)14(5,6)10-13(2,3)4;1-2/h11H,7-10,15H2,1-6H3;1-2H3. The van der Waals surface area contributed by atoms with Crippen molar-refractivity contribution in [1.82, 2.24) is 0 Å². The third-order valence-corrected chi connectivity index (χ3v) is 3.24. The fraction of sp³-hybridized carbons (Fsp3) is 0.938. The smallest absolute Gasteiger partial charge is 0.132 e. The monoisotopic (exact) mass is 257 g/mol. The second-order valence-corrected chi connectivity index (χ2v) is 6.75. The number of rotatable bonds is 6. The molecular formula is C16H35NO. The fourth-order valence-corrected chi connectivity index (χ4v) is 2.61. The summed E-state index contributed by atoms with van der Waals surface area (Å²) in [6.07, 6.45) is 2.36. The third kappa shape index (κ3) is 8.68. The SMILES string of the molecule is CC.CCC(=O)CC(CN)C(C)(C)CC(C)(C)C. The van der Waals surface area contributed by atoms with Gasteiger partial charge in [0.15, 0.2) is 0 Å². The zero-order chi connectivity index (χ0) is 15.0. The van der Waals surface area contributed by atoms with E-state index in [9.17, 15) is 4.79 Å². The van der Waals surface area contributed by atoms with E-state index in [1.165, 1.54) is 0 Å².